The smallest absolute Gasteiger partial charge is 0.339 e. The van der Waals surface area contributed by atoms with Crippen molar-refractivity contribution in [2.45, 2.75) is 6.92 Å². The van der Waals surface area contributed by atoms with Crippen LogP contribution in [-0.2, 0) is 4.74 Å². The van der Waals surface area contributed by atoms with Crippen molar-refractivity contribution < 1.29 is 19.1 Å². The summed E-state index contributed by atoms with van der Waals surface area (Å²) >= 11 is 0. The van der Waals surface area contributed by atoms with E-state index in [4.69, 9.17) is 4.74 Å². The number of carbonyl (C=O) groups excluding carboxylic acids is 3. The van der Waals surface area contributed by atoms with Crippen molar-refractivity contribution in [2.75, 3.05) is 17.7 Å². The molecule has 0 saturated carbocycles. The summed E-state index contributed by atoms with van der Waals surface area (Å²) < 4.78 is 4.73. The van der Waals surface area contributed by atoms with E-state index in [1.54, 1.807) is 48.5 Å². The highest BCUT2D eigenvalue weighted by atomic mass is 16.5. The minimum absolute atomic E-state index is 0.0549. The average molecular weight is 390 g/mol. The van der Waals surface area contributed by atoms with Gasteiger partial charge >= 0.3 is 5.97 Å². The fourth-order valence-corrected chi connectivity index (χ4v) is 2.58. The van der Waals surface area contributed by atoms with Gasteiger partial charge in [0.1, 0.15) is 17.8 Å². The van der Waals surface area contributed by atoms with Crippen molar-refractivity contribution in [1.82, 2.24) is 9.97 Å². The molecule has 3 rings (SSSR count). The van der Waals surface area contributed by atoms with Crippen LogP contribution in [0.5, 0.6) is 0 Å². The number of para-hydroxylation sites is 1. The lowest BCUT2D eigenvalue weighted by Gasteiger charge is -2.10. The number of anilines is 3. The maximum Gasteiger partial charge on any atom is 0.339 e. The fourth-order valence-electron chi connectivity index (χ4n) is 2.58. The number of ketones is 1. The van der Waals surface area contributed by atoms with Crippen LogP contribution in [0.25, 0.3) is 0 Å². The Morgan fingerprint density at radius 1 is 0.966 bits per heavy atom. The lowest BCUT2D eigenvalue weighted by molar-refractivity contribution is 0.0601. The second kappa shape index (κ2) is 8.75. The Hall–Kier alpha value is -4.07. The summed E-state index contributed by atoms with van der Waals surface area (Å²) in [5.74, 6) is -0.742. The Balaban J connectivity index is 1.79. The van der Waals surface area contributed by atoms with E-state index in [1.165, 1.54) is 26.4 Å². The molecular formula is C21H18N4O4. The molecule has 0 fully saturated rings. The minimum atomic E-state index is -0.559. The third-order valence-electron chi connectivity index (χ3n) is 4.02. The maximum absolute atomic E-state index is 12.6. The number of carbonyl (C=O) groups is 3. The Labute approximate surface area is 167 Å². The molecule has 0 bridgehead atoms. The summed E-state index contributed by atoms with van der Waals surface area (Å²) in [6.07, 6.45) is 1.25. The number of hydrogen-bond donors (Lipinski definition) is 2. The molecule has 29 heavy (non-hydrogen) atoms. The zero-order valence-corrected chi connectivity index (χ0v) is 15.8. The van der Waals surface area contributed by atoms with Gasteiger partial charge in [-0.1, -0.05) is 24.3 Å². The van der Waals surface area contributed by atoms with Crippen molar-refractivity contribution in [3.63, 3.8) is 0 Å². The number of benzene rings is 2. The molecule has 0 radical (unpaired) electrons. The predicted octanol–water partition coefficient (Wildman–Crippen LogP) is 3.46. The van der Waals surface area contributed by atoms with E-state index in [-0.39, 0.29) is 17.0 Å². The molecule has 2 N–H and O–H groups in total. The Bertz CT molecular complexity index is 1080. The molecule has 0 saturated heterocycles. The molecule has 1 amide bonds. The van der Waals surface area contributed by atoms with Gasteiger partial charge in [0.2, 0.25) is 0 Å². The Morgan fingerprint density at radius 2 is 1.76 bits per heavy atom. The molecule has 146 valence electrons. The molecule has 0 aliphatic carbocycles. The normalized spacial score (nSPS) is 10.1. The minimum Gasteiger partial charge on any atom is -0.465 e. The van der Waals surface area contributed by atoms with E-state index in [2.05, 4.69) is 20.6 Å². The quantitative estimate of drug-likeness (QED) is 0.490. The number of hydrogen-bond acceptors (Lipinski definition) is 7. The first-order valence-electron chi connectivity index (χ1n) is 8.66. The van der Waals surface area contributed by atoms with Gasteiger partial charge in [-0.3, -0.25) is 9.59 Å². The zero-order chi connectivity index (χ0) is 20.8. The number of amides is 1. The van der Waals surface area contributed by atoms with Crippen LogP contribution in [0.4, 0.5) is 17.2 Å². The molecule has 0 aliphatic heterocycles. The highest BCUT2D eigenvalue weighted by molar-refractivity contribution is 6.07. The Kier molecular flexibility index (Phi) is 5.94. The van der Waals surface area contributed by atoms with Gasteiger partial charge in [-0.2, -0.15) is 0 Å². The molecule has 0 spiro atoms. The van der Waals surface area contributed by atoms with E-state index < -0.39 is 11.9 Å². The second-order valence-electron chi connectivity index (χ2n) is 6.04. The number of nitrogens with one attached hydrogen (secondary N) is 2. The van der Waals surface area contributed by atoms with Crippen LogP contribution in [0.3, 0.4) is 0 Å². The lowest BCUT2D eigenvalue weighted by Crippen LogP contribution is -2.17. The number of nitrogens with zero attached hydrogens (tertiary/aromatic N) is 2. The number of aromatic nitrogens is 2. The predicted molar refractivity (Wildman–Crippen MR) is 107 cm³/mol. The van der Waals surface area contributed by atoms with Gasteiger partial charge in [0, 0.05) is 17.3 Å². The molecule has 8 heteroatoms. The van der Waals surface area contributed by atoms with Gasteiger partial charge in [-0.25, -0.2) is 14.8 Å². The monoisotopic (exact) mass is 390 g/mol. The van der Waals surface area contributed by atoms with E-state index in [1.807, 2.05) is 0 Å². The number of ether oxygens (including phenoxy) is 1. The van der Waals surface area contributed by atoms with Crippen LogP contribution in [0, 0.1) is 0 Å². The third-order valence-corrected chi connectivity index (χ3v) is 4.02. The largest absolute Gasteiger partial charge is 0.465 e. The van der Waals surface area contributed by atoms with E-state index in [0.717, 1.165) is 0 Å². The summed E-state index contributed by atoms with van der Waals surface area (Å²) in [6, 6.07) is 14.9. The highest BCUT2D eigenvalue weighted by Gasteiger charge is 2.15. The molecule has 8 nitrogen and oxygen atoms in total. The molecule has 1 aromatic heterocycles. The van der Waals surface area contributed by atoms with Gasteiger partial charge < -0.3 is 15.4 Å². The topological polar surface area (TPSA) is 110 Å². The van der Waals surface area contributed by atoms with Crippen LogP contribution in [0.1, 0.15) is 38.1 Å². The van der Waals surface area contributed by atoms with Crippen LogP contribution in [-0.4, -0.2) is 34.7 Å². The van der Waals surface area contributed by atoms with Crippen LogP contribution >= 0.6 is 0 Å². The number of Topliss-reactive ketones (excluding diaryl/α,β-unsaturated/α-hetero) is 1. The van der Waals surface area contributed by atoms with Crippen molar-refractivity contribution >= 4 is 34.9 Å². The SMILES string of the molecule is COC(=O)c1ccccc1NC(=O)c1cc(Nc2cccc(C(C)=O)c2)ncn1. The van der Waals surface area contributed by atoms with Crippen molar-refractivity contribution in [3.8, 4) is 0 Å². The summed E-state index contributed by atoms with van der Waals surface area (Å²) in [7, 11) is 1.27. The van der Waals surface area contributed by atoms with Gasteiger partial charge in [0.15, 0.2) is 5.78 Å². The van der Waals surface area contributed by atoms with Crippen LogP contribution in [0.15, 0.2) is 60.9 Å². The van der Waals surface area contributed by atoms with Crippen molar-refractivity contribution in [2.24, 2.45) is 0 Å². The van der Waals surface area contributed by atoms with Gasteiger partial charge in [-0.05, 0) is 31.2 Å². The molecule has 3 aromatic rings. The molecule has 2 aromatic carbocycles. The fraction of sp³-hybridized carbons (Fsp3) is 0.0952. The second-order valence-corrected chi connectivity index (χ2v) is 6.04. The van der Waals surface area contributed by atoms with Crippen molar-refractivity contribution in [3.05, 3.63) is 77.7 Å². The number of rotatable bonds is 6. The summed E-state index contributed by atoms with van der Waals surface area (Å²) in [4.78, 5) is 44.1. The lowest BCUT2D eigenvalue weighted by atomic mass is 10.1. The molecule has 0 aliphatic rings. The first-order chi connectivity index (χ1) is 14.0. The summed E-state index contributed by atoms with van der Waals surface area (Å²) in [6.45, 7) is 1.48. The van der Waals surface area contributed by atoms with E-state index in [9.17, 15) is 14.4 Å². The van der Waals surface area contributed by atoms with Crippen LogP contribution in [0.2, 0.25) is 0 Å². The maximum atomic E-state index is 12.6. The van der Waals surface area contributed by atoms with Gasteiger partial charge in [0.05, 0.1) is 18.4 Å². The summed E-state index contributed by atoms with van der Waals surface area (Å²) in [5.41, 5.74) is 1.86. The number of methoxy groups -OCH3 is 1. The Morgan fingerprint density at radius 3 is 2.52 bits per heavy atom. The highest BCUT2D eigenvalue weighted by Crippen LogP contribution is 2.19. The van der Waals surface area contributed by atoms with E-state index in [0.29, 0.717) is 22.8 Å². The number of esters is 1. The first kappa shape index (κ1) is 19.7. The molecular weight excluding hydrogens is 372 g/mol. The van der Waals surface area contributed by atoms with Crippen molar-refractivity contribution in [1.29, 1.82) is 0 Å². The average Bonchev–Trinajstić information content (AvgIpc) is 2.74. The zero-order valence-electron chi connectivity index (χ0n) is 15.8. The summed E-state index contributed by atoms with van der Waals surface area (Å²) in [5, 5.41) is 5.69. The van der Waals surface area contributed by atoms with Gasteiger partial charge in [-0.15, -0.1) is 0 Å². The van der Waals surface area contributed by atoms with Crippen LogP contribution < -0.4 is 10.6 Å². The third kappa shape index (κ3) is 4.81. The van der Waals surface area contributed by atoms with E-state index >= 15 is 0 Å². The molecule has 1 heterocycles. The van der Waals surface area contributed by atoms with Gasteiger partial charge in [0.25, 0.3) is 5.91 Å². The molecule has 0 atom stereocenters. The standard InChI is InChI=1S/C21H18N4O4/c1-13(26)14-6-5-7-15(10-14)24-19-11-18(22-12-23-19)20(27)25-17-9-4-3-8-16(17)21(28)29-2/h3-12H,1-2H3,(H,25,27)(H,22,23,24). The molecule has 0 unspecified atom stereocenters. The first-order valence-corrected chi connectivity index (χ1v) is 8.66.